The number of hydrogen-bond donors (Lipinski definition) is 0. The molecule has 0 fully saturated rings. The van der Waals surface area contributed by atoms with Crippen molar-refractivity contribution in [3.8, 4) is 0 Å². The summed E-state index contributed by atoms with van der Waals surface area (Å²) in [5.74, 6) is 0.0478. The highest BCUT2D eigenvalue weighted by Crippen LogP contribution is 2.29. The molecule has 0 bridgehead atoms. The third-order valence-electron chi connectivity index (χ3n) is 3.92. The van der Waals surface area contributed by atoms with Crippen molar-refractivity contribution in [1.82, 2.24) is 14.8 Å². The second-order valence-corrected chi connectivity index (χ2v) is 6.67. The molecule has 0 aliphatic carbocycles. The maximum Gasteiger partial charge on any atom is 0.137 e. The van der Waals surface area contributed by atoms with Gasteiger partial charge in [0.25, 0.3) is 0 Å². The summed E-state index contributed by atoms with van der Waals surface area (Å²) in [6, 6.07) is 15.7. The Morgan fingerprint density at radius 1 is 1.12 bits per heavy atom. The highest BCUT2D eigenvalue weighted by atomic mass is 35.5. The molecule has 4 nitrogen and oxygen atoms in total. The monoisotopic (exact) mass is 387 g/mol. The first-order valence-corrected chi connectivity index (χ1v) is 9.04. The lowest BCUT2D eigenvalue weighted by Crippen LogP contribution is -2.16. The molecule has 2 aromatic carbocycles. The fourth-order valence-electron chi connectivity index (χ4n) is 2.65. The van der Waals surface area contributed by atoms with Crippen LogP contribution < -0.4 is 0 Å². The van der Waals surface area contributed by atoms with Gasteiger partial charge in [0.2, 0.25) is 0 Å². The Morgan fingerprint density at radius 2 is 1.96 bits per heavy atom. The fraction of sp³-hybridized carbons (Fsp3) is 0.200. The molecule has 26 heavy (non-hydrogen) atoms. The first-order valence-electron chi connectivity index (χ1n) is 8.29. The van der Waals surface area contributed by atoms with Crippen molar-refractivity contribution < 1.29 is 4.74 Å². The molecular formula is C20H19Cl2N3O. The summed E-state index contributed by atoms with van der Waals surface area (Å²) in [7, 11) is 0. The van der Waals surface area contributed by atoms with Crippen LogP contribution in [0, 0.1) is 0 Å². The standard InChI is InChI=1S/C20H19Cl2N3O/c21-18-8-9-19(20(22)11-18)17(12-25-15-23-14-24-25)13-26-10-4-7-16-5-2-1-3-6-16/h1-9,11,14-15,17H,10,12-13H2/b7-4+. The first kappa shape index (κ1) is 18.6. The van der Waals surface area contributed by atoms with Crippen LogP contribution in [0.3, 0.4) is 0 Å². The predicted molar refractivity (Wildman–Crippen MR) is 106 cm³/mol. The van der Waals surface area contributed by atoms with Gasteiger partial charge in [0.15, 0.2) is 0 Å². The van der Waals surface area contributed by atoms with E-state index in [9.17, 15) is 0 Å². The second kappa shape index (κ2) is 9.53. The lowest BCUT2D eigenvalue weighted by atomic mass is 10.00. The van der Waals surface area contributed by atoms with E-state index in [-0.39, 0.29) is 5.92 Å². The van der Waals surface area contributed by atoms with Gasteiger partial charge in [0.05, 0.1) is 19.8 Å². The molecule has 0 amide bonds. The van der Waals surface area contributed by atoms with Crippen molar-refractivity contribution in [2.45, 2.75) is 12.5 Å². The Labute approximate surface area is 163 Å². The number of aromatic nitrogens is 3. The van der Waals surface area contributed by atoms with Crippen molar-refractivity contribution in [3.05, 3.63) is 88.4 Å². The molecule has 6 heteroatoms. The van der Waals surface area contributed by atoms with E-state index in [1.165, 1.54) is 6.33 Å². The second-order valence-electron chi connectivity index (χ2n) is 5.83. The maximum atomic E-state index is 6.39. The number of halogens is 2. The van der Waals surface area contributed by atoms with Crippen molar-refractivity contribution in [2.75, 3.05) is 13.2 Å². The largest absolute Gasteiger partial charge is 0.377 e. The quantitative estimate of drug-likeness (QED) is 0.504. The molecule has 0 aliphatic rings. The summed E-state index contributed by atoms with van der Waals surface area (Å²) in [6.45, 7) is 1.66. The average molecular weight is 388 g/mol. The molecule has 3 rings (SSSR count). The van der Waals surface area contributed by atoms with Gasteiger partial charge in [0, 0.05) is 16.0 Å². The van der Waals surface area contributed by atoms with Gasteiger partial charge < -0.3 is 4.74 Å². The minimum Gasteiger partial charge on any atom is -0.377 e. The van der Waals surface area contributed by atoms with E-state index in [0.29, 0.717) is 29.8 Å². The SMILES string of the molecule is Clc1ccc(C(COC/C=C/c2ccccc2)Cn2cncn2)c(Cl)c1. The van der Waals surface area contributed by atoms with Crippen LogP contribution in [0.2, 0.25) is 10.0 Å². The van der Waals surface area contributed by atoms with Gasteiger partial charge in [-0.3, -0.25) is 4.68 Å². The number of nitrogens with zero attached hydrogens (tertiary/aromatic N) is 3. The van der Waals surface area contributed by atoms with E-state index in [2.05, 4.69) is 22.2 Å². The molecule has 0 radical (unpaired) electrons. The molecule has 1 atom stereocenters. The Morgan fingerprint density at radius 3 is 2.69 bits per heavy atom. The smallest absolute Gasteiger partial charge is 0.137 e. The van der Waals surface area contributed by atoms with Gasteiger partial charge in [-0.1, -0.05) is 71.8 Å². The molecule has 0 spiro atoms. The van der Waals surface area contributed by atoms with Crippen LogP contribution in [-0.4, -0.2) is 28.0 Å². The minimum atomic E-state index is 0.0478. The first-order chi connectivity index (χ1) is 12.7. The molecule has 3 aromatic rings. The van der Waals surface area contributed by atoms with Crippen molar-refractivity contribution in [1.29, 1.82) is 0 Å². The van der Waals surface area contributed by atoms with Crippen LogP contribution in [0.1, 0.15) is 17.0 Å². The van der Waals surface area contributed by atoms with Gasteiger partial charge >= 0.3 is 0 Å². The van der Waals surface area contributed by atoms with E-state index in [1.54, 1.807) is 17.1 Å². The molecule has 1 unspecified atom stereocenters. The predicted octanol–water partition coefficient (Wildman–Crippen LogP) is 5.10. The average Bonchev–Trinajstić information content (AvgIpc) is 3.15. The highest BCUT2D eigenvalue weighted by molar-refractivity contribution is 6.35. The zero-order valence-electron chi connectivity index (χ0n) is 14.1. The van der Waals surface area contributed by atoms with Crippen molar-refractivity contribution >= 4 is 29.3 Å². The van der Waals surface area contributed by atoms with E-state index >= 15 is 0 Å². The summed E-state index contributed by atoms with van der Waals surface area (Å²) in [6.07, 6.45) is 7.25. The van der Waals surface area contributed by atoms with Crippen LogP contribution in [-0.2, 0) is 11.3 Å². The summed E-state index contributed by atoms with van der Waals surface area (Å²) in [5, 5.41) is 5.43. The number of hydrogen-bond acceptors (Lipinski definition) is 3. The Balaban J connectivity index is 1.63. The molecular weight excluding hydrogens is 369 g/mol. The van der Waals surface area contributed by atoms with Crippen molar-refractivity contribution in [2.24, 2.45) is 0 Å². The zero-order chi connectivity index (χ0) is 18.2. The molecule has 1 heterocycles. The molecule has 0 saturated heterocycles. The van der Waals surface area contributed by atoms with E-state index in [4.69, 9.17) is 27.9 Å². The summed E-state index contributed by atoms with van der Waals surface area (Å²) in [5.41, 5.74) is 2.13. The molecule has 134 valence electrons. The third kappa shape index (κ3) is 5.43. The van der Waals surface area contributed by atoms with Gasteiger partial charge in [-0.2, -0.15) is 5.10 Å². The number of rotatable bonds is 8. The van der Waals surface area contributed by atoms with Gasteiger partial charge in [-0.15, -0.1) is 0 Å². The fourth-order valence-corrected chi connectivity index (χ4v) is 3.22. The summed E-state index contributed by atoms with van der Waals surface area (Å²) >= 11 is 12.4. The van der Waals surface area contributed by atoms with Gasteiger partial charge in [-0.25, -0.2) is 4.98 Å². The van der Waals surface area contributed by atoms with E-state index in [0.717, 1.165) is 11.1 Å². The van der Waals surface area contributed by atoms with E-state index < -0.39 is 0 Å². The lowest BCUT2D eigenvalue weighted by molar-refractivity contribution is 0.139. The Hall–Kier alpha value is -2.14. The lowest BCUT2D eigenvalue weighted by Gasteiger charge is -2.18. The summed E-state index contributed by atoms with van der Waals surface area (Å²) in [4.78, 5) is 3.99. The van der Waals surface area contributed by atoms with Crippen LogP contribution in [0.4, 0.5) is 0 Å². The van der Waals surface area contributed by atoms with Gasteiger partial charge in [-0.05, 0) is 23.3 Å². The van der Waals surface area contributed by atoms with Crippen LogP contribution in [0.5, 0.6) is 0 Å². The normalized spacial score (nSPS) is 12.5. The molecule has 0 aliphatic heterocycles. The highest BCUT2D eigenvalue weighted by Gasteiger charge is 2.16. The van der Waals surface area contributed by atoms with Crippen LogP contribution >= 0.6 is 23.2 Å². The number of benzene rings is 2. The van der Waals surface area contributed by atoms with Crippen LogP contribution in [0.25, 0.3) is 6.08 Å². The maximum absolute atomic E-state index is 6.39. The van der Waals surface area contributed by atoms with Gasteiger partial charge in [0.1, 0.15) is 12.7 Å². The molecule has 0 saturated carbocycles. The zero-order valence-corrected chi connectivity index (χ0v) is 15.6. The minimum absolute atomic E-state index is 0.0478. The number of ether oxygens (including phenoxy) is 1. The topological polar surface area (TPSA) is 39.9 Å². The molecule has 0 N–H and O–H groups in total. The third-order valence-corrected chi connectivity index (χ3v) is 4.48. The van der Waals surface area contributed by atoms with E-state index in [1.807, 2.05) is 42.5 Å². The van der Waals surface area contributed by atoms with Crippen molar-refractivity contribution in [3.63, 3.8) is 0 Å². The summed E-state index contributed by atoms with van der Waals surface area (Å²) < 4.78 is 7.64. The van der Waals surface area contributed by atoms with Crippen LogP contribution in [0.15, 0.2) is 67.3 Å². The molecule has 1 aromatic heterocycles. The Bertz CT molecular complexity index is 836. The Kier molecular flexibility index (Phi) is 6.83.